The van der Waals surface area contributed by atoms with Crippen LogP contribution in [0.1, 0.15) is 19.4 Å². The van der Waals surface area contributed by atoms with Gasteiger partial charge in [-0.25, -0.2) is 0 Å². The van der Waals surface area contributed by atoms with E-state index >= 15 is 0 Å². The summed E-state index contributed by atoms with van der Waals surface area (Å²) in [6.45, 7) is 3.71. The smallest absolute Gasteiger partial charge is 0.317 e. The van der Waals surface area contributed by atoms with Gasteiger partial charge in [-0.1, -0.05) is 22.0 Å². The van der Waals surface area contributed by atoms with Gasteiger partial charge < -0.3 is 9.47 Å². The first-order valence-corrected chi connectivity index (χ1v) is 7.22. The summed E-state index contributed by atoms with van der Waals surface area (Å²) in [6, 6.07) is 5.77. The number of methoxy groups -OCH3 is 1. The molecule has 0 fully saturated rings. The van der Waals surface area contributed by atoms with E-state index in [1.807, 2.05) is 32.0 Å². The van der Waals surface area contributed by atoms with Crippen LogP contribution in [0.2, 0.25) is 0 Å². The lowest BCUT2D eigenvalue weighted by molar-refractivity contribution is -0.153. The molecule has 0 aliphatic heterocycles. The van der Waals surface area contributed by atoms with Gasteiger partial charge in [0.15, 0.2) is 0 Å². The first-order chi connectivity index (χ1) is 7.90. The fourth-order valence-corrected chi connectivity index (χ4v) is 2.08. The fourth-order valence-electron chi connectivity index (χ4n) is 1.41. The minimum atomic E-state index is -0.664. The van der Waals surface area contributed by atoms with E-state index in [9.17, 15) is 4.79 Å². The molecule has 94 valence electrons. The summed E-state index contributed by atoms with van der Waals surface area (Å²) in [6.07, 6.45) is 0. The number of alkyl halides is 1. The normalized spacial score (nSPS) is 11.1. The van der Waals surface area contributed by atoms with Crippen molar-refractivity contribution in [2.45, 2.75) is 19.4 Å². The lowest BCUT2D eigenvalue weighted by Crippen LogP contribution is -2.26. The van der Waals surface area contributed by atoms with Gasteiger partial charge >= 0.3 is 5.97 Å². The zero-order valence-corrected chi connectivity index (χ0v) is 13.7. The van der Waals surface area contributed by atoms with Crippen LogP contribution in [0.5, 0.6) is 5.75 Å². The van der Waals surface area contributed by atoms with Crippen LogP contribution in [0, 0.1) is 3.57 Å². The van der Waals surface area contributed by atoms with E-state index in [0.29, 0.717) is 0 Å². The highest BCUT2D eigenvalue weighted by Gasteiger charge is 2.25. The monoisotopic (exact) mass is 412 g/mol. The number of hydrogen-bond donors (Lipinski definition) is 0. The molecule has 1 aromatic rings. The second-order valence-corrected chi connectivity index (χ2v) is 5.69. The summed E-state index contributed by atoms with van der Waals surface area (Å²) in [5.74, 6) is 0.499. The number of halogens is 2. The van der Waals surface area contributed by atoms with E-state index in [-0.39, 0.29) is 11.3 Å². The molecule has 0 bridgehead atoms. The van der Waals surface area contributed by atoms with E-state index in [4.69, 9.17) is 9.47 Å². The molecule has 17 heavy (non-hydrogen) atoms. The Morgan fingerprint density at radius 2 is 2.12 bits per heavy atom. The predicted octanol–water partition coefficient (Wildman–Crippen LogP) is 3.47. The Hall–Kier alpha value is -0.300. The van der Waals surface area contributed by atoms with Crippen molar-refractivity contribution < 1.29 is 14.3 Å². The summed E-state index contributed by atoms with van der Waals surface area (Å²) in [4.78, 5) is 11.3. The second kappa shape index (κ2) is 6.04. The first kappa shape index (κ1) is 14.8. The first-order valence-electron chi connectivity index (χ1n) is 5.02. The van der Waals surface area contributed by atoms with Crippen molar-refractivity contribution in [1.29, 1.82) is 0 Å². The molecule has 0 aromatic heterocycles. The van der Waals surface area contributed by atoms with Crippen LogP contribution in [0.25, 0.3) is 0 Å². The number of hydrogen-bond acceptors (Lipinski definition) is 3. The largest absolute Gasteiger partial charge is 0.496 e. The third-order valence-corrected chi connectivity index (χ3v) is 3.67. The average Bonchev–Trinajstić information content (AvgIpc) is 2.28. The Labute approximate surface area is 123 Å². The van der Waals surface area contributed by atoms with Crippen molar-refractivity contribution >= 4 is 44.5 Å². The molecule has 0 unspecified atom stereocenters. The highest BCUT2D eigenvalue weighted by molar-refractivity contribution is 14.1. The van der Waals surface area contributed by atoms with E-state index in [1.165, 1.54) is 0 Å². The summed E-state index contributed by atoms with van der Waals surface area (Å²) >= 11 is 5.28. The Morgan fingerprint density at radius 1 is 1.47 bits per heavy atom. The van der Waals surface area contributed by atoms with Crippen molar-refractivity contribution in [3.63, 3.8) is 0 Å². The summed E-state index contributed by atoms with van der Waals surface area (Å²) in [5.41, 5.74) is 0.242. The van der Waals surface area contributed by atoms with Crippen molar-refractivity contribution in [2.75, 3.05) is 12.4 Å². The summed E-state index contributed by atoms with van der Waals surface area (Å²) < 4.78 is 11.6. The zero-order chi connectivity index (χ0) is 13.1. The molecule has 0 aliphatic carbocycles. The van der Waals surface area contributed by atoms with Gasteiger partial charge in [-0.2, -0.15) is 0 Å². The Balaban J connectivity index is 3.02. The standard InChI is InChI=1S/C12H14BrIO3/c1-12(2,17-11(15)7-13)8-4-5-9(14)10(6-8)16-3/h4-6H,7H2,1-3H3. The zero-order valence-electron chi connectivity index (χ0n) is 9.92. The van der Waals surface area contributed by atoms with Gasteiger partial charge in [0, 0.05) is 0 Å². The molecule has 0 saturated carbocycles. The number of benzene rings is 1. The molecule has 1 aromatic carbocycles. The molecule has 0 heterocycles. The average molecular weight is 413 g/mol. The fraction of sp³-hybridized carbons (Fsp3) is 0.417. The van der Waals surface area contributed by atoms with E-state index in [1.54, 1.807) is 7.11 Å². The maximum atomic E-state index is 11.3. The number of esters is 1. The topological polar surface area (TPSA) is 35.5 Å². The van der Waals surface area contributed by atoms with Crippen molar-refractivity contribution in [3.05, 3.63) is 27.3 Å². The van der Waals surface area contributed by atoms with Gasteiger partial charge in [-0.3, -0.25) is 4.79 Å². The van der Waals surface area contributed by atoms with Crippen LogP contribution < -0.4 is 4.74 Å². The van der Waals surface area contributed by atoms with Crippen LogP contribution in [0.3, 0.4) is 0 Å². The SMILES string of the molecule is COc1cc(C(C)(C)OC(=O)CBr)ccc1I. The second-order valence-electron chi connectivity index (χ2n) is 3.97. The Kier molecular flexibility index (Phi) is 5.24. The molecular formula is C12H14BrIO3. The van der Waals surface area contributed by atoms with Gasteiger partial charge in [-0.15, -0.1) is 0 Å². The maximum absolute atomic E-state index is 11.3. The molecule has 0 amide bonds. The summed E-state index contributed by atoms with van der Waals surface area (Å²) in [5, 5.41) is 0.192. The minimum absolute atomic E-state index is 0.192. The lowest BCUT2D eigenvalue weighted by atomic mass is 9.98. The molecule has 0 atom stereocenters. The van der Waals surface area contributed by atoms with E-state index in [2.05, 4.69) is 38.5 Å². The third-order valence-electron chi connectivity index (χ3n) is 2.32. The molecule has 0 radical (unpaired) electrons. The number of ether oxygens (including phenoxy) is 2. The lowest BCUT2D eigenvalue weighted by Gasteiger charge is -2.26. The quantitative estimate of drug-likeness (QED) is 0.431. The third kappa shape index (κ3) is 3.84. The van der Waals surface area contributed by atoms with Crippen LogP contribution in [-0.2, 0) is 15.1 Å². The number of rotatable bonds is 4. The molecule has 5 heteroatoms. The summed E-state index contributed by atoms with van der Waals surface area (Å²) in [7, 11) is 1.62. The minimum Gasteiger partial charge on any atom is -0.496 e. The van der Waals surface area contributed by atoms with Crippen LogP contribution in [0.15, 0.2) is 18.2 Å². The number of carbonyl (C=O) groups is 1. The molecule has 1 rings (SSSR count). The Morgan fingerprint density at radius 3 is 2.65 bits per heavy atom. The molecular weight excluding hydrogens is 399 g/mol. The van der Waals surface area contributed by atoms with Crippen molar-refractivity contribution in [2.24, 2.45) is 0 Å². The van der Waals surface area contributed by atoms with Gasteiger partial charge in [0.05, 0.1) is 10.7 Å². The highest BCUT2D eigenvalue weighted by Crippen LogP contribution is 2.30. The van der Waals surface area contributed by atoms with Crippen LogP contribution in [-0.4, -0.2) is 18.4 Å². The van der Waals surface area contributed by atoms with Gasteiger partial charge in [0.2, 0.25) is 0 Å². The highest BCUT2D eigenvalue weighted by atomic mass is 127. The van der Waals surface area contributed by atoms with Gasteiger partial charge in [0.25, 0.3) is 0 Å². The molecule has 0 N–H and O–H groups in total. The van der Waals surface area contributed by atoms with Crippen molar-refractivity contribution in [1.82, 2.24) is 0 Å². The molecule has 0 saturated heterocycles. The molecule has 3 nitrogen and oxygen atoms in total. The Bertz CT molecular complexity index is 418. The molecule has 0 aliphatic rings. The van der Waals surface area contributed by atoms with E-state index < -0.39 is 5.60 Å². The van der Waals surface area contributed by atoms with E-state index in [0.717, 1.165) is 14.9 Å². The van der Waals surface area contributed by atoms with Gasteiger partial charge in [-0.05, 0) is 54.1 Å². The van der Waals surface area contributed by atoms with Gasteiger partial charge in [0.1, 0.15) is 16.7 Å². The predicted molar refractivity (Wildman–Crippen MR) is 78.6 cm³/mol. The van der Waals surface area contributed by atoms with Crippen molar-refractivity contribution in [3.8, 4) is 5.75 Å². The number of carbonyl (C=O) groups excluding carboxylic acids is 1. The molecule has 0 spiro atoms. The maximum Gasteiger partial charge on any atom is 0.317 e. The van der Waals surface area contributed by atoms with Crippen LogP contribution >= 0.6 is 38.5 Å². The van der Waals surface area contributed by atoms with Crippen LogP contribution in [0.4, 0.5) is 0 Å².